The largest absolute Gasteiger partial charge is 0.352 e. The Kier molecular flexibility index (Phi) is 4.53. The first-order valence-electron chi connectivity index (χ1n) is 6.80. The summed E-state index contributed by atoms with van der Waals surface area (Å²) in [4.78, 5) is 16.5. The van der Waals surface area contributed by atoms with E-state index >= 15 is 0 Å². The number of nitrogens with zero attached hydrogens (tertiary/aromatic N) is 1. The highest BCUT2D eigenvalue weighted by Gasteiger charge is 2.13. The normalized spacial score (nSPS) is 12.2. The molecular formula is C15H20N4O. The molecule has 0 saturated carbocycles. The average molecular weight is 272 g/mol. The Hall–Kier alpha value is -2.14. The fourth-order valence-electron chi connectivity index (χ4n) is 2.00. The SMILES string of the molecule is CCC(C)CNC(=O)c1cnc(NN)c2ccccc12. The number of benzene rings is 1. The Balaban J connectivity index is 2.33. The van der Waals surface area contributed by atoms with Crippen LogP contribution in [0.5, 0.6) is 0 Å². The number of carbonyl (C=O) groups excluding carboxylic acids is 1. The minimum absolute atomic E-state index is 0.0995. The zero-order valence-corrected chi connectivity index (χ0v) is 11.8. The number of aromatic nitrogens is 1. The maximum atomic E-state index is 12.3. The summed E-state index contributed by atoms with van der Waals surface area (Å²) in [6.07, 6.45) is 2.60. The van der Waals surface area contributed by atoms with E-state index in [0.717, 1.165) is 17.2 Å². The molecule has 5 nitrogen and oxygen atoms in total. The number of rotatable bonds is 5. The first-order chi connectivity index (χ1) is 9.67. The van der Waals surface area contributed by atoms with Crippen LogP contribution < -0.4 is 16.6 Å². The molecule has 1 aromatic heterocycles. The number of hydrogen-bond acceptors (Lipinski definition) is 4. The van der Waals surface area contributed by atoms with Crippen molar-refractivity contribution in [2.24, 2.45) is 11.8 Å². The zero-order chi connectivity index (χ0) is 14.5. The number of pyridine rings is 1. The van der Waals surface area contributed by atoms with Crippen molar-refractivity contribution >= 4 is 22.5 Å². The van der Waals surface area contributed by atoms with Crippen LogP contribution in [0.15, 0.2) is 30.5 Å². The lowest BCUT2D eigenvalue weighted by atomic mass is 10.1. The first-order valence-corrected chi connectivity index (χ1v) is 6.80. The Labute approximate surface area is 118 Å². The number of nitrogens with one attached hydrogen (secondary N) is 2. The van der Waals surface area contributed by atoms with Gasteiger partial charge >= 0.3 is 0 Å². The van der Waals surface area contributed by atoms with Gasteiger partial charge < -0.3 is 10.7 Å². The summed E-state index contributed by atoms with van der Waals surface area (Å²) in [5.74, 6) is 6.38. The number of nitrogen functional groups attached to an aromatic ring is 1. The number of amides is 1. The summed E-state index contributed by atoms with van der Waals surface area (Å²) >= 11 is 0. The third kappa shape index (κ3) is 2.88. The third-order valence-electron chi connectivity index (χ3n) is 3.48. The van der Waals surface area contributed by atoms with Crippen LogP contribution in [0.2, 0.25) is 0 Å². The highest BCUT2D eigenvalue weighted by molar-refractivity contribution is 6.09. The molecule has 0 fully saturated rings. The van der Waals surface area contributed by atoms with E-state index in [4.69, 9.17) is 5.84 Å². The minimum atomic E-state index is -0.0995. The van der Waals surface area contributed by atoms with Gasteiger partial charge in [0.2, 0.25) is 0 Å². The topological polar surface area (TPSA) is 80.0 Å². The van der Waals surface area contributed by atoms with Crippen LogP contribution in [0.3, 0.4) is 0 Å². The van der Waals surface area contributed by atoms with Gasteiger partial charge in [-0.2, -0.15) is 0 Å². The molecule has 0 saturated heterocycles. The lowest BCUT2D eigenvalue weighted by Crippen LogP contribution is -2.28. The van der Waals surface area contributed by atoms with E-state index in [9.17, 15) is 4.79 Å². The fraction of sp³-hybridized carbons (Fsp3) is 0.333. The maximum Gasteiger partial charge on any atom is 0.253 e. The molecule has 0 bridgehead atoms. The van der Waals surface area contributed by atoms with E-state index in [1.54, 1.807) is 6.20 Å². The number of nitrogens with two attached hydrogens (primary N) is 1. The van der Waals surface area contributed by atoms with Crippen LogP contribution in [0.4, 0.5) is 5.82 Å². The molecule has 1 atom stereocenters. The summed E-state index contributed by atoms with van der Waals surface area (Å²) in [5.41, 5.74) is 3.12. The van der Waals surface area contributed by atoms with Crippen LogP contribution in [-0.2, 0) is 0 Å². The molecule has 4 N–H and O–H groups in total. The average Bonchev–Trinajstić information content (AvgIpc) is 2.51. The number of anilines is 1. The molecule has 5 heteroatoms. The van der Waals surface area contributed by atoms with Crippen LogP contribution >= 0.6 is 0 Å². The molecule has 0 aliphatic heterocycles. The monoisotopic (exact) mass is 272 g/mol. The van der Waals surface area contributed by atoms with Gasteiger partial charge in [0.1, 0.15) is 5.82 Å². The van der Waals surface area contributed by atoms with E-state index in [1.165, 1.54) is 0 Å². The number of fused-ring (bicyclic) bond motifs is 1. The summed E-state index contributed by atoms with van der Waals surface area (Å²) < 4.78 is 0. The van der Waals surface area contributed by atoms with Crippen molar-refractivity contribution in [3.8, 4) is 0 Å². The van der Waals surface area contributed by atoms with E-state index < -0.39 is 0 Å². The highest BCUT2D eigenvalue weighted by Crippen LogP contribution is 2.23. The summed E-state index contributed by atoms with van der Waals surface area (Å²) in [6, 6.07) is 7.58. The number of hydrogen-bond donors (Lipinski definition) is 3. The highest BCUT2D eigenvalue weighted by atomic mass is 16.1. The van der Waals surface area contributed by atoms with Gasteiger partial charge in [-0.05, 0) is 11.3 Å². The lowest BCUT2D eigenvalue weighted by molar-refractivity contribution is 0.0949. The van der Waals surface area contributed by atoms with E-state index in [0.29, 0.717) is 23.8 Å². The van der Waals surface area contributed by atoms with Crippen LogP contribution in [0.25, 0.3) is 10.8 Å². The summed E-state index contributed by atoms with van der Waals surface area (Å²) in [7, 11) is 0. The quantitative estimate of drug-likeness (QED) is 0.576. The molecule has 20 heavy (non-hydrogen) atoms. The van der Waals surface area contributed by atoms with E-state index in [-0.39, 0.29) is 5.91 Å². The van der Waals surface area contributed by atoms with E-state index in [1.807, 2.05) is 24.3 Å². The second-order valence-electron chi connectivity index (χ2n) is 4.93. The predicted octanol–water partition coefficient (Wildman–Crippen LogP) is 2.30. The Morgan fingerprint density at radius 1 is 1.35 bits per heavy atom. The smallest absolute Gasteiger partial charge is 0.253 e. The molecule has 0 aliphatic carbocycles. The summed E-state index contributed by atoms with van der Waals surface area (Å²) in [6.45, 7) is 4.88. The Morgan fingerprint density at radius 2 is 2.05 bits per heavy atom. The second-order valence-corrected chi connectivity index (χ2v) is 4.93. The van der Waals surface area contributed by atoms with Crippen LogP contribution in [0.1, 0.15) is 30.6 Å². The molecule has 0 aliphatic rings. The van der Waals surface area contributed by atoms with Crippen molar-refractivity contribution in [3.63, 3.8) is 0 Å². The van der Waals surface area contributed by atoms with Gasteiger partial charge in [0, 0.05) is 18.1 Å². The number of hydrazine groups is 1. The molecule has 0 radical (unpaired) electrons. The molecule has 0 spiro atoms. The maximum absolute atomic E-state index is 12.3. The second kappa shape index (κ2) is 6.34. The summed E-state index contributed by atoms with van der Waals surface area (Å²) in [5, 5.41) is 4.63. The molecular weight excluding hydrogens is 252 g/mol. The minimum Gasteiger partial charge on any atom is -0.352 e. The van der Waals surface area contributed by atoms with Gasteiger partial charge in [0.05, 0.1) is 5.56 Å². The molecule has 1 unspecified atom stereocenters. The van der Waals surface area contributed by atoms with Crippen LogP contribution in [0, 0.1) is 5.92 Å². The van der Waals surface area contributed by atoms with Crippen molar-refractivity contribution in [1.29, 1.82) is 0 Å². The Morgan fingerprint density at radius 3 is 2.70 bits per heavy atom. The zero-order valence-electron chi connectivity index (χ0n) is 11.8. The molecule has 1 aromatic carbocycles. The van der Waals surface area contributed by atoms with Crippen molar-refractivity contribution in [2.45, 2.75) is 20.3 Å². The standard InChI is InChI=1S/C15H20N4O/c1-3-10(2)8-18-15(20)13-9-17-14(19-16)12-7-5-4-6-11(12)13/h4-7,9-10H,3,8,16H2,1-2H3,(H,17,19)(H,18,20). The first kappa shape index (κ1) is 14.3. The molecule has 2 rings (SSSR count). The third-order valence-corrected chi connectivity index (χ3v) is 3.48. The van der Waals surface area contributed by atoms with Gasteiger partial charge in [0.25, 0.3) is 5.91 Å². The van der Waals surface area contributed by atoms with Crippen molar-refractivity contribution in [1.82, 2.24) is 10.3 Å². The van der Waals surface area contributed by atoms with Gasteiger partial charge in [0.15, 0.2) is 0 Å². The molecule has 106 valence electrons. The van der Waals surface area contributed by atoms with Gasteiger partial charge in [-0.3, -0.25) is 4.79 Å². The molecule has 2 aromatic rings. The van der Waals surface area contributed by atoms with Crippen molar-refractivity contribution < 1.29 is 4.79 Å². The van der Waals surface area contributed by atoms with Gasteiger partial charge in [-0.25, -0.2) is 10.8 Å². The number of carbonyl (C=O) groups is 1. The van der Waals surface area contributed by atoms with Gasteiger partial charge in [-0.1, -0.05) is 44.5 Å². The van der Waals surface area contributed by atoms with Crippen molar-refractivity contribution in [3.05, 3.63) is 36.0 Å². The Bertz CT molecular complexity index is 612. The van der Waals surface area contributed by atoms with Crippen LogP contribution in [-0.4, -0.2) is 17.4 Å². The lowest BCUT2D eigenvalue weighted by Gasteiger charge is -2.12. The fourth-order valence-corrected chi connectivity index (χ4v) is 2.00. The molecule has 1 heterocycles. The van der Waals surface area contributed by atoms with Crippen molar-refractivity contribution in [2.75, 3.05) is 12.0 Å². The predicted molar refractivity (Wildman–Crippen MR) is 81.3 cm³/mol. The van der Waals surface area contributed by atoms with E-state index in [2.05, 4.69) is 29.6 Å². The molecule has 1 amide bonds. The van der Waals surface area contributed by atoms with Gasteiger partial charge in [-0.15, -0.1) is 0 Å².